The van der Waals surface area contributed by atoms with E-state index < -0.39 is 0 Å². The van der Waals surface area contributed by atoms with Gasteiger partial charge in [-0.3, -0.25) is 9.59 Å². The first-order valence-corrected chi connectivity index (χ1v) is 11.2. The van der Waals surface area contributed by atoms with Gasteiger partial charge in [0.15, 0.2) is 4.83 Å². The summed E-state index contributed by atoms with van der Waals surface area (Å²) in [4.78, 5) is 29.6. The van der Waals surface area contributed by atoms with Crippen LogP contribution in [0.15, 0.2) is 4.79 Å². The van der Waals surface area contributed by atoms with Crippen molar-refractivity contribution in [2.24, 2.45) is 11.3 Å². The molecule has 0 fully saturated rings. The summed E-state index contributed by atoms with van der Waals surface area (Å²) in [7, 11) is 0. The van der Waals surface area contributed by atoms with E-state index >= 15 is 0 Å². The fraction of sp³-hybridized carbons (Fsp3) is 0.714. The van der Waals surface area contributed by atoms with Crippen LogP contribution in [0.2, 0.25) is 0 Å². The Morgan fingerprint density at radius 1 is 1.25 bits per heavy atom. The zero-order chi connectivity index (χ0) is 20.5. The third-order valence-corrected chi connectivity index (χ3v) is 6.93. The van der Waals surface area contributed by atoms with Crippen molar-refractivity contribution in [3.8, 4) is 0 Å². The molecule has 0 N–H and O–H groups in total. The van der Waals surface area contributed by atoms with Crippen LogP contribution in [0.1, 0.15) is 64.3 Å². The van der Waals surface area contributed by atoms with Crippen LogP contribution in [0.5, 0.6) is 0 Å². The Bertz CT molecular complexity index is 903. The minimum absolute atomic E-state index is 0.0307. The minimum Gasteiger partial charge on any atom is -0.341 e. The molecule has 1 aliphatic rings. The second-order valence-corrected chi connectivity index (χ2v) is 10.0. The Balaban J connectivity index is 1.90. The van der Waals surface area contributed by atoms with Crippen molar-refractivity contribution in [3.63, 3.8) is 0 Å². The maximum atomic E-state index is 13.1. The van der Waals surface area contributed by atoms with E-state index in [1.54, 1.807) is 11.3 Å². The number of aryl methyl sites for hydroxylation is 1. The van der Waals surface area contributed by atoms with Gasteiger partial charge in [-0.1, -0.05) is 39.8 Å². The lowest BCUT2D eigenvalue weighted by Gasteiger charge is -2.33. The van der Waals surface area contributed by atoms with Crippen molar-refractivity contribution in [1.29, 1.82) is 0 Å². The van der Waals surface area contributed by atoms with Gasteiger partial charge in [-0.25, -0.2) is 4.68 Å². The van der Waals surface area contributed by atoms with E-state index in [1.165, 1.54) is 9.56 Å². The molecule has 6 nitrogen and oxygen atoms in total. The topological polar surface area (TPSA) is 68.1 Å². The Hall–Kier alpha value is -1.76. The van der Waals surface area contributed by atoms with E-state index in [9.17, 15) is 9.59 Å². The first-order valence-electron chi connectivity index (χ1n) is 10.4. The number of nitrogens with zero attached hydrogens (tertiary/aromatic N) is 4. The highest BCUT2D eigenvalue weighted by Crippen LogP contribution is 2.41. The summed E-state index contributed by atoms with van der Waals surface area (Å²) in [6.07, 6.45) is 4.80. The third kappa shape index (κ3) is 4.14. The molecular formula is C21H32N4O2S. The van der Waals surface area contributed by atoms with Gasteiger partial charge >= 0.3 is 0 Å². The number of amides is 1. The summed E-state index contributed by atoms with van der Waals surface area (Å²) in [5.41, 5.74) is 1.23. The van der Waals surface area contributed by atoms with Gasteiger partial charge in [-0.05, 0) is 49.0 Å². The van der Waals surface area contributed by atoms with Crippen LogP contribution in [-0.4, -0.2) is 38.9 Å². The van der Waals surface area contributed by atoms with Gasteiger partial charge in [0.25, 0.3) is 5.56 Å². The van der Waals surface area contributed by atoms with E-state index in [-0.39, 0.29) is 23.4 Å². The van der Waals surface area contributed by atoms with Gasteiger partial charge in [0, 0.05) is 18.0 Å². The van der Waals surface area contributed by atoms with Crippen molar-refractivity contribution < 1.29 is 4.79 Å². The van der Waals surface area contributed by atoms with Crippen LogP contribution in [0, 0.1) is 11.3 Å². The molecule has 3 rings (SSSR count). The predicted octanol–water partition coefficient (Wildman–Crippen LogP) is 3.65. The maximum Gasteiger partial charge on any atom is 0.279 e. The summed E-state index contributed by atoms with van der Waals surface area (Å²) in [5.74, 6) is 0.554. The molecule has 2 aromatic rings. The van der Waals surface area contributed by atoms with E-state index in [4.69, 9.17) is 0 Å². The van der Waals surface area contributed by atoms with Crippen LogP contribution in [0.4, 0.5) is 0 Å². The predicted molar refractivity (Wildman–Crippen MR) is 114 cm³/mol. The second kappa shape index (κ2) is 8.31. The Kier molecular flexibility index (Phi) is 6.22. The lowest BCUT2D eigenvalue weighted by Crippen LogP contribution is -2.38. The van der Waals surface area contributed by atoms with Crippen LogP contribution in [-0.2, 0) is 24.2 Å². The van der Waals surface area contributed by atoms with E-state index in [0.717, 1.165) is 37.7 Å². The van der Waals surface area contributed by atoms with Crippen molar-refractivity contribution in [1.82, 2.24) is 19.9 Å². The zero-order valence-electron chi connectivity index (χ0n) is 17.7. The number of hydrogen-bond acceptors (Lipinski definition) is 5. The van der Waals surface area contributed by atoms with Gasteiger partial charge in [-0.15, -0.1) is 16.4 Å². The molecule has 0 aromatic carbocycles. The van der Waals surface area contributed by atoms with Crippen LogP contribution in [0.3, 0.4) is 0 Å². The molecule has 0 saturated heterocycles. The van der Waals surface area contributed by atoms with E-state index in [0.29, 0.717) is 29.2 Å². The molecule has 0 saturated carbocycles. The lowest BCUT2D eigenvalue weighted by atomic mass is 9.72. The van der Waals surface area contributed by atoms with E-state index in [2.05, 4.69) is 44.9 Å². The highest BCUT2D eigenvalue weighted by atomic mass is 32.1. The fourth-order valence-electron chi connectivity index (χ4n) is 4.10. The normalized spacial score (nSPS) is 17.0. The van der Waals surface area contributed by atoms with Gasteiger partial charge in [0.05, 0.1) is 5.39 Å². The van der Waals surface area contributed by atoms with Gasteiger partial charge < -0.3 is 4.90 Å². The molecule has 0 unspecified atom stereocenters. The summed E-state index contributed by atoms with van der Waals surface area (Å²) < 4.78 is 1.26. The minimum atomic E-state index is -0.169. The number of rotatable bonds is 6. The monoisotopic (exact) mass is 404 g/mol. The maximum absolute atomic E-state index is 13.1. The molecule has 0 bridgehead atoms. The van der Waals surface area contributed by atoms with Crippen LogP contribution >= 0.6 is 11.3 Å². The Morgan fingerprint density at radius 3 is 2.54 bits per heavy atom. The van der Waals surface area contributed by atoms with Crippen molar-refractivity contribution in [3.05, 3.63) is 20.8 Å². The molecule has 1 amide bonds. The fourth-order valence-corrected chi connectivity index (χ4v) is 5.33. The van der Waals surface area contributed by atoms with Crippen LogP contribution < -0.4 is 5.56 Å². The molecule has 28 heavy (non-hydrogen) atoms. The van der Waals surface area contributed by atoms with E-state index in [1.807, 2.05) is 4.90 Å². The average Bonchev–Trinajstić information content (AvgIpc) is 3.01. The zero-order valence-corrected chi connectivity index (χ0v) is 18.6. The SMILES string of the molecule is CCCN(CCC)C(=O)Cn1nnc2sc3c(c2c1=O)CC[C@@H](C(C)(C)C)C3. The molecule has 1 aliphatic carbocycles. The number of aromatic nitrogens is 3. The largest absolute Gasteiger partial charge is 0.341 e. The first-order chi connectivity index (χ1) is 13.3. The molecule has 0 aliphatic heterocycles. The first kappa shape index (κ1) is 21.0. The molecule has 0 radical (unpaired) electrons. The van der Waals surface area contributed by atoms with Crippen molar-refractivity contribution in [2.45, 2.75) is 73.3 Å². The summed E-state index contributed by atoms with van der Waals surface area (Å²) in [6.45, 7) is 12.3. The molecule has 2 heterocycles. The third-order valence-electron chi connectivity index (χ3n) is 5.79. The molecule has 1 atom stereocenters. The quantitative estimate of drug-likeness (QED) is 0.737. The van der Waals surface area contributed by atoms with Gasteiger partial charge in [-0.2, -0.15) is 0 Å². The average molecular weight is 405 g/mol. The van der Waals surface area contributed by atoms with Gasteiger partial charge in [0.2, 0.25) is 5.91 Å². The molecular weight excluding hydrogens is 372 g/mol. The number of carbonyl (C=O) groups excluding carboxylic acids is 1. The second-order valence-electron chi connectivity index (χ2n) is 8.92. The Morgan fingerprint density at radius 2 is 1.93 bits per heavy atom. The number of thiophene rings is 1. The van der Waals surface area contributed by atoms with Crippen molar-refractivity contribution in [2.75, 3.05) is 13.1 Å². The Labute approximate surface area is 170 Å². The highest BCUT2D eigenvalue weighted by molar-refractivity contribution is 7.18. The molecule has 2 aromatic heterocycles. The number of fused-ring (bicyclic) bond motifs is 3. The number of carbonyl (C=O) groups is 1. The summed E-state index contributed by atoms with van der Waals surface area (Å²) in [5, 5.41) is 9.06. The highest BCUT2D eigenvalue weighted by Gasteiger charge is 2.32. The van der Waals surface area contributed by atoms with Crippen molar-refractivity contribution >= 4 is 27.5 Å². The smallest absolute Gasteiger partial charge is 0.279 e. The molecule has 154 valence electrons. The number of hydrogen-bond donors (Lipinski definition) is 0. The van der Waals surface area contributed by atoms with Gasteiger partial charge in [0.1, 0.15) is 6.54 Å². The summed E-state index contributed by atoms with van der Waals surface area (Å²) >= 11 is 1.60. The van der Waals surface area contributed by atoms with Crippen LogP contribution in [0.25, 0.3) is 10.2 Å². The standard InChI is InChI=1S/C21H32N4O2S/c1-6-10-24(11-7-2)17(26)13-25-20(27)18-15-9-8-14(21(3,4)5)12-16(15)28-19(18)22-23-25/h14H,6-13H2,1-5H3/t14-/m1/s1. The molecule has 0 spiro atoms. The lowest BCUT2D eigenvalue weighted by molar-refractivity contribution is -0.132. The summed E-state index contributed by atoms with van der Waals surface area (Å²) in [6, 6.07) is 0. The molecule has 7 heteroatoms.